The first-order valence-electron chi connectivity index (χ1n) is 8.26. The Labute approximate surface area is 160 Å². The first kappa shape index (κ1) is 18.8. The molecule has 3 rings (SSSR count). The van der Waals surface area contributed by atoms with E-state index in [1.54, 1.807) is 37.7 Å². The van der Waals surface area contributed by atoms with Crippen LogP contribution >= 0.6 is 11.3 Å². The Morgan fingerprint density at radius 1 is 1.30 bits per heavy atom. The summed E-state index contributed by atoms with van der Waals surface area (Å²) < 4.78 is 12.5. The standard InChI is InChI=1S/C18H20N4O4S/c1-18(2,3)26-17(24)19-9-11-10-22(21-20-11)13-6-5-7-14-12(13)8-15(27-14)16(23)25-4/h5-8,10H,9H2,1-4H3,(H,19,24). The molecule has 0 saturated carbocycles. The summed E-state index contributed by atoms with van der Waals surface area (Å²) in [6.45, 7) is 5.59. The van der Waals surface area contributed by atoms with E-state index in [2.05, 4.69) is 15.6 Å². The molecular weight excluding hydrogens is 368 g/mol. The molecule has 1 amide bonds. The van der Waals surface area contributed by atoms with Crippen LogP contribution in [0.25, 0.3) is 15.8 Å². The smallest absolute Gasteiger partial charge is 0.407 e. The largest absolute Gasteiger partial charge is 0.465 e. The molecule has 27 heavy (non-hydrogen) atoms. The van der Waals surface area contributed by atoms with Crippen LogP contribution in [0, 0.1) is 0 Å². The summed E-state index contributed by atoms with van der Waals surface area (Å²) in [5.41, 5.74) is 0.810. The van der Waals surface area contributed by atoms with E-state index in [-0.39, 0.29) is 12.5 Å². The first-order valence-corrected chi connectivity index (χ1v) is 9.08. The quantitative estimate of drug-likeness (QED) is 0.689. The summed E-state index contributed by atoms with van der Waals surface area (Å²) in [5.74, 6) is -0.372. The number of nitrogens with one attached hydrogen (secondary N) is 1. The highest BCUT2D eigenvalue weighted by Crippen LogP contribution is 2.30. The third-order valence-electron chi connectivity index (χ3n) is 3.53. The molecule has 0 bridgehead atoms. The molecule has 0 atom stereocenters. The average molecular weight is 388 g/mol. The maximum atomic E-state index is 11.8. The summed E-state index contributed by atoms with van der Waals surface area (Å²) in [4.78, 5) is 24.1. The zero-order valence-electron chi connectivity index (χ0n) is 15.5. The highest BCUT2D eigenvalue weighted by Gasteiger charge is 2.17. The number of nitrogens with zero attached hydrogens (tertiary/aromatic N) is 3. The number of amides is 1. The van der Waals surface area contributed by atoms with Crippen molar-refractivity contribution in [3.63, 3.8) is 0 Å². The van der Waals surface area contributed by atoms with Crippen LogP contribution in [-0.2, 0) is 16.0 Å². The van der Waals surface area contributed by atoms with Gasteiger partial charge in [0, 0.05) is 10.1 Å². The molecule has 8 nitrogen and oxygen atoms in total. The van der Waals surface area contributed by atoms with Crippen LogP contribution in [0.4, 0.5) is 4.79 Å². The fourth-order valence-electron chi connectivity index (χ4n) is 2.42. The van der Waals surface area contributed by atoms with Gasteiger partial charge in [0.25, 0.3) is 0 Å². The average Bonchev–Trinajstić information content (AvgIpc) is 3.24. The van der Waals surface area contributed by atoms with Crippen molar-refractivity contribution < 1.29 is 19.1 Å². The van der Waals surface area contributed by atoms with Crippen LogP contribution in [-0.4, -0.2) is 39.8 Å². The number of esters is 1. The van der Waals surface area contributed by atoms with Crippen molar-refractivity contribution in [1.29, 1.82) is 0 Å². The molecule has 142 valence electrons. The van der Waals surface area contributed by atoms with Gasteiger partial charge in [0.2, 0.25) is 0 Å². The van der Waals surface area contributed by atoms with Gasteiger partial charge >= 0.3 is 12.1 Å². The van der Waals surface area contributed by atoms with E-state index in [0.29, 0.717) is 10.6 Å². The molecule has 0 aliphatic heterocycles. The summed E-state index contributed by atoms with van der Waals surface area (Å²) >= 11 is 1.36. The Hall–Kier alpha value is -2.94. The van der Waals surface area contributed by atoms with E-state index in [9.17, 15) is 9.59 Å². The molecule has 2 heterocycles. The SMILES string of the molecule is COC(=O)c1cc2c(-n3cc(CNC(=O)OC(C)(C)C)nn3)cccc2s1. The predicted octanol–water partition coefficient (Wildman–Crippen LogP) is 3.29. The number of rotatable bonds is 4. The minimum atomic E-state index is -0.562. The van der Waals surface area contributed by atoms with Gasteiger partial charge in [0.05, 0.1) is 25.5 Å². The van der Waals surface area contributed by atoms with E-state index < -0.39 is 11.7 Å². The first-order chi connectivity index (χ1) is 12.8. The van der Waals surface area contributed by atoms with Crippen LogP contribution in [0.2, 0.25) is 0 Å². The normalized spacial score (nSPS) is 11.4. The Bertz CT molecular complexity index is 987. The molecule has 0 saturated heterocycles. The molecule has 1 N–H and O–H groups in total. The third-order valence-corrected chi connectivity index (χ3v) is 4.61. The number of fused-ring (bicyclic) bond motifs is 1. The van der Waals surface area contributed by atoms with Gasteiger partial charge in [-0.15, -0.1) is 16.4 Å². The summed E-state index contributed by atoms with van der Waals surface area (Å²) in [7, 11) is 1.36. The number of alkyl carbamates (subject to hydrolysis) is 1. The zero-order chi connectivity index (χ0) is 19.6. The number of carbonyl (C=O) groups is 2. The van der Waals surface area contributed by atoms with E-state index in [1.165, 1.54) is 18.4 Å². The van der Waals surface area contributed by atoms with E-state index in [1.807, 2.05) is 18.2 Å². The van der Waals surface area contributed by atoms with Crippen LogP contribution in [0.5, 0.6) is 0 Å². The molecule has 0 unspecified atom stereocenters. The topological polar surface area (TPSA) is 95.3 Å². The van der Waals surface area contributed by atoms with Crippen molar-refractivity contribution in [1.82, 2.24) is 20.3 Å². The van der Waals surface area contributed by atoms with Gasteiger partial charge in [-0.1, -0.05) is 11.3 Å². The van der Waals surface area contributed by atoms with Gasteiger partial charge in [-0.3, -0.25) is 0 Å². The molecule has 0 aliphatic rings. The Balaban J connectivity index is 1.79. The van der Waals surface area contributed by atoms with Crippen LogP contribution in [0.15, 0.2) is 30.5 Å². The lowest BCUT2D eigenvalue weighted by atomic mass is 10.2. The minimum Gasteiger partial charge on any atom is -0.465 e. The van der Waals surface area contributed by atoms with E-state index in [4.69, 9.17) is 9.47 Å². The number of ether oxygens (including phenoxy) is 2. The lowest BCUT2D eigenvalue weighted by molar-refractivity contribution is 0.0521. The van der Waals surface area contributed by atoms with Gasteiger partial charge < -0.3 is 14.8 Å². The number of benzene rings is 1. The second-order valence-corrected chi connectivity index (χ2v) is 7.88. The molecule has 0 spiro atoms. The summed E-state index contributed by atoms with van der Waals surface area (Å²) in [6.07, 6.45) is 1.21. The number of hydrogen-bond donors (Lipinski definition) is 1. The Morgan fingerprint density at radius 2 is 2.07 bits per heavy atom. The van der Waals surface area contributed by atoms with E-state index in [0.717, 1.165) is 15.8 Å². The molecular formula is C18H20N4O4S. The maximum absolute atomic E-state index is 11.8. The predicted molar refractivity (Wildman–Crippen MR) is 101 cm³/mol. The minimum absolute atomic E-state index is 0.196. The number of thiophene rings is 1. The van der Waals surface area contributed by atoms with Crippen molar-refractivity contribution in [2.45, 2.75) is 32.9 Å². The van der Waals surface area contributed by atoms with Crippen molar-refractivity contribution in [3.05, 3.63) is 41.0 Å². The number of carbonyl (C=O) groups excluding carboxylic acids is 2. The molecule has 2 aromatic heterocycles. The number of methoxy groups -OCH3 is 1. The van der Waals surface area contributed by atoms with Gasteiger partial charge in [0.1, 0.15) is 16.2 Å². The zero-order valence-corrected chi connectivity index (χ0v) is 16.3. The van der Waals surface area contributed by atoms with Gasteiger partial charge in [-0.05, 0) is 39.0 Å². The fraction of sp³-hybridized carbons (Fsp3) is 0.333. The third kappa shape index (κ3) is 4.43. The van der Waals surface area contributed by atoms with Gasteiger partial charge in [0.15, 0.2) is 0 Å². The van der Waals surface area contributed by atoms with E-state index >= 15 is 0 Å². The molecule has 0 radical (unpaired) electrons. The second-order valence-electron chi connectivity index (χ2n) is 6.80. The van der Waals surface area contributed by atoms with Crippen LogP contribution < -0.4 is 5.32 Å². The summed E-state index contributed by atoms with van der Waals surface area (Å²) in [6, 6.07) is 7.48. The lowest BCUT2D eigenvalue weighted by Gasteiger charge is -2.19. The maximum Gasteiger partial charge on any atom is 0.407 e. The summed E-state index contributed by atoms with van der Waals surface area (Å²) in [5, 5.41) is 11.7. The molecule has 0 aliphatic carbocycles. The molecule has 1 aromatic carbocycles. The lowest BCUT2D eigenvalue weighted by Crippen LogP contribution is -2.32. The highest BCUT2D eigenvalue weighted by molar-refractivity contribution is 7.20. The Kier molecular flexibility index (Phi) is 5.13. The van der Waals surface area contributed by atoms with Crippen molar-refractivity contribution >= 4 is 33.5 Å². The van der Waals surface area contributed by atoms with Crippen molar-refractivity contribution in [2.24, 2.45) is 0 Å². The van der Waals surface area contributed by atoms with Gasteiger partial charge in [-0.25, -0.2) is 14.3 Å². The van der Waals surface area contributed by atoms with Crippen molar-refractivity contribution in [2.75, 3.05) is 7.11 Å². The highest BCUT2D eigenvalue weighted by atomic mass is 32.1. The monoisotopic (exact) mass is 388 g/mol. The molecule has 0 fully saturated rings. The van der Waals surface area contributed by atoms with Crippen LogP contribution in [0.1, 0.15) is 36.1 Å². The second kappa shape index (κ2) is 7.36. The van der Waals surface area contributed by atoms with Crippen LogP contribution in [0.3, 0.4) is 0 Å². The van der Waals surface area contributed by atoms with Gasteiger partial charge in [-0.2, -0.15) is 0 Å². The number of hydrogen-bond acceptors (Lipinski definition) is 7. The molecule has 9 heteroatoms. The molecule has 3 aromatic rings. The Morgan fingerprint density at radius 3 is 2.78 bits per heavy atom. The fourth-order valence-corrected chi connectivity index (χ4v) is 3.42. The van der Waals surface area contributed by atoms with Crippen molar-refractivity contribution in [3.8, 4) is 5.69 Å². The number of aromatic nitrogens is 3.